The maximum absolute atomic E-state index is 13.0. The van der Waals surface area contributed by atoms with Gasteiger partial charge in [0.2, 0.25) is 0 Å². The Morgan fingerprint density at radius 3 is 2.32 bits per heavy atom. The molecule has 0 aromatic heterocycles. The Kier molecular flexibility index (Phi) is 7.14. The zero-order valence-corrected chi connectivity index (χ0v) is 20.8. The van der Waals surface area contributed by atoms with Gasteiger partial charge < -0.3 is 10.2 Å². The van der Waals surface area contributed by atoms with Crippen molar-refractivity contribution in [3.63, 3.8) is 0 Å². The van der Waals surface area contributed by atoms with Crippen molar-refractivity contribution in [2.45, 2.75) is 38.1 Å². The quantitative estimate of drug-likeness (QED) is 0.465. The Hall–Kier alpha value is -3.03. The second-order valence-electron chi connectivity index (χ2n) is 8.59. The van der Waals surface area contributed by atoms with E-state index in [1.165, 1.54) is 36.7 Å². The third kappa shape index (κ3) is 5.54. The van der Waals surface area contributed by atoms with E-state index in [1.807, 2.05) is 32.0 Å². The molecular weight excluding hydrogens is 470 g/mol. The summed E-state index contributed by atoms with van der Waals surface area (Å²) in [7, 11) is -3.98. The van der Waals surface area contributed by atoms with Crippen molar-refractivity contribution >= 4 is 38.9 Å². The number of anilines is 2. The summed E-state index contributed by atoms with van der Waals surface area (Å²) in [6, 6.07) is 17.7. The molecule has 1 heterocycles. The molecule has 3 aromatic carbocycles. The number of hydrogen-bond acceptors (Lipinski definition) is 4. The molecule has 1 amide bonds. The fraction of sp³-hybridized carbons (Fsp3) is 0.269. The van der Waals surface area contributed by atoms with Crippen molar-refractivity contribution in [1.29, 1.82) is 0 Å². The van der Waals surface area contributed by atoms with Crippen LogP contribution in [0.4, 0.5) is 11.4 Å². The van der Waals surface area contributed by atoms with Gasteiger partial charge in [-0.2, -0.15) is 0 Å². The molecular formula is C26H28ClN3O3S. The van der Waals surface area contributed by atoms with Gasteiger partial charge in [0.05, 0.1) is 5.02 Å². The number of nitrogens with zero attached hydrogens (tertiary/aromatic N) is 1. The SMILES string of the molecule is Cc1ccc(NS(=O)(=O)c2cc(C(=O)NCc3ccc(N4CCCC4)cc3)ccc2Cl)cc1C. The van der Waals surface area contributed by atoms with E-state index in [9.17, 15) is 13.2 Å². The maximum atomic E-state index is 13.0. The molecule has 2 N–H and O–H groups in total. The molecule has 4 rings (SSSR count). The maximum Gasteiger partial charge on any atom is 0.263 e. The molecule has 0 bridgehead atoms. The number of hydrogen-bond donors (Lipinski definition) is 2. The Bertz CT molecular complexity index is 1300. The van der Waals surface area contributed by atoms with Gasteiger partial charge in [0, 0.05) is 36.6 Å². The lowest BCUT2D eigenvalue weighted by Crippen LogP contribution is -2.23. The van der Waals surface area contributed by atoms with Gasteiger partial charge in [-0.05, 0) is 85.8 Å². The predicted molar refractivity (Wildman–Crippen MR) is 137 cm³/mol. The summed E-state index contributed by atoms with van der Waals surface area (Å²) in [6.07, 6.45) is 2.44. The lowest BCUT2D eigenvalue weighted by atomic mass is 10.1. The number of sulfonamides is 1. The summed E-state index contributed by atoms with van der Waals surface area (Å²) in [5.74, 6) is -0.372. The minimum atomic E-state index is -3.98. The molecule has 0 atom stereocenters. The average molecular weight is 498 g/mol. The van der Waals surface area contributed by atoms with E-state index in [0.717, 1.165) is 29.8 Å². The predicted octanol–water partition coefficient (Wildman–Crippen LogP) is 5.29. The van der Waals surface area contributed by atoms with Crippen molar-refractivity contribution in [1.82, 2.24) is 5.32 Å². The fourth-order valence-corrected chi connectivity index (χ4v) is 5.53. The molecule has 0 unspecified atom stereocenters. The third-order valence-corrected chi connectivity index (χ3v) is 7.97. The standard InChI is InChI=1S/C26H28ClN3O3S/c1-18-5-9-22(15-19(18)2)29-34(32,33)25-16-21(8-12-24(25)27)26(31)28-17-20-6-10-23(11-7-20)30-13-3-4-14-30/h5-12,15-16,29H,3-4,13-14,17H2,1-2H3,(H,28,31). The van der Waals surface area contributed by atoms with Crippen molar-refractivity contribution in [2.75, 3.05) is 22.7 Å². The largest absolute Gasteiger partial charge is 0.372 e. The van der Waals surface area contributed by atoms with E-state index >= 15 is 0 Å². The first kappa shape index (κ1) is 24.1. The smallest absolute Gasteiger partial charge is 0.263 e. The van der Waals surface area contributed by atoms with Gasteiger partial charge in [0.15, 0.2) is 0 Å². The van der Waals surface area contributed by atoms with E-state index < -0.39 is 10.0 Å². The number of rotatable bonds is 7. The Labute approximate surface area is 206 Å². The van der Waals surface area contributed by atoms with Gasteiger partial charge in [0.1, 0.15) is 4.90 Å². The summed E-state index contributed by atoms with van der Waals surface area (Å²) < 4.78 is 28.5. The monoisotopic (exact) mass is 497 g/mol. The molecule has 0 radical (unpaired) electrons. The molecule has 1 fully saturated rings. The molecule has 0 spiro atoms. The first-order chi connectivity index (χ1) is 16.2. The van der Waals surface area contributed by atoms with Crippen molar-refractivity contribution < 1.29 is 13.2 Å². The van der Waals surface area contributed by atoms with Crippen LogP contribution in [0.15, 0.2) is 65.6 Å². The van der Waals surface area contributed by atoms with Gasteiger partial charge in [-0.15, -0.1) is 0 Å². The highest BCUT2D eigenvalue weighted by Gasteiger charge is 2.21. The molecule has 6 nitrogen and oxygen atoms in total. The summed E-state index contributed by atoms with van der Waals surface area (Å²) in [6.45, 7) is 6.36. The van der Waals surface area contributed by atoms with Crippen molar-refractivity contribution in [2.24, 2.45) is 0 Å². The minimum Gasteiger partial charge on any atom is -0.372 e. The lowest BCUT2D eigenvalue weighted by molar-refractivity contribution is 0.0950. The topological polar surface area (TPSA) is 78.5 Å². The first-order valence-electron chi connectivity index (χ1n) is 11.2. The van der Waals surface area contributed by atoms with Crippen LogP contribution in [-0.2, 0) is 16.6 Å². The van der Waals surface area contributed by atoms with Crippen LogP contribution >= 0.6 is 11.6 Å². The Morgan fingerprint density at radius 2 is 1.65 bits per heavy atom. The van der Waals surface area contributed by atoms with E-state index in [4.69, 9.17) is 11.6 Å². The molecule has 1 saturated heterocycles. The van der Waals surface area contributed by atoms with Crippen LogP contribution < -0.4 is 14.9 Å². The number of halogens is 1. The van der Waals surface area contributed by atoms with Crippen molar-refractivity contribution in [3.05, 3.63) is 87.9 Å². The Balaban J connectivity index is 1.45. The molecule has 0 aliphatic carbocycles. The number of aryl methyl sites for hydroxylation is 2. The van der Waals surface area contributed by atoms with Crippen LogP contribution in [-0.4, -0.2) is 27.4 Å². The van der Waals surface area contributed by atoms with Crippen LogP contribution in [0.3, 0.4) is 0 Å². The number of carbonyl (C=O) groups excluding carboxylic acids is 1. The highest BCUT2D eigenvalue weighted by Crippen LogP contribution is 2.26. The molecule has 34 heavy (non-hydrogen) atoms. The molecule has 1 aliphatic rings. The number of benzene rings is 3. The molecule has 1 aliphatic heterocycles. The van der Waals surface area contributed by atoms with Gasteiger partial charge in [-0.3, -0.25) is 9.52 Å². The average Bonchev–Trinajstić information content (AvgIpc) is 3.35. The second kappa shape index (κ2) is 10.1. The van der Waals surface area contributed by atoms with Crippen LogP contribution in [0, 0.1) is 13.8 Å². The molecule has 8 heteroatoms. The zero-order chi connectivity index (χ0) is 24.3. The number of nitrogens with one attached hydrogen (secondary N) is 2. The van der Waals surface area contributed by atoms with Crippen LogP contribution in [0.5, 0.6) is 0 Å². The van der Waals surface area contributed by atoms with Crippen LogP contribution in [0.25, 0.3) is 0 Å². The van der Waals surface area contributed by atoms with E-state index in [-0.39, 0.29) is 21.4 Å². The third-order valence-electron chi connectivity index (χ3n) is 6.10. The summed E-state index contributed by atoms with van der Waals surface area (Å²) >= 11 is 6.19. The van der Waals surface area contributed by atoms with Crippen LogP contribution in [0.2, 0.25) is 5.02 Å². The van der Waals surface area contributed by atoms with Crippen LogP contribution in [0.1, 0.15) is 39.9 Å². The lowest BCUT2D eigenvalue weighted by Gasteiger charge is -2.17. The molecule has 0 saturated carbocycles. The van der Waals surface area contributed by atoms with Gasteiger partial charge in [0.25, 0.3) is 15.9 Å². The number of carbonyl (C=O) groups is 1. The van der Waals surface area contributed by atoms with E-state index in [0.29, 0.717) is 12.2 Å². The zero-order valence-electron chi connectivity index (χ0n) is 19.3. The summed E-state index contributed by atoms with van der Waals surface area (Å²) in [4.78, 5) is 15.0. The fourth-order valence-electron chi connectivity index (χ4n) is 3.95. The molecule has 3 aromatic rings. The van der Waals surface area contributed by atoms with Crippen molar-refractivity contribution in [3.8, 4) is 0 Å². The summed E-state index contributed by atoms with van der Waals surface area (Å²) in [5.41, 5.74) is 4.84. The highest BCUT2D eigenvalue weighted by molar-refractivity contribution is 7.92. The van der Waals surface area contributed by atoms with Gasteiger partial charge >= 0.3 is 0 Å². The van der Waals surface area contributed by atoms with E-state index in [2.05, 4.69) is 27.1 Å². The van der Waals surface area contributed by atoms with Gasteiger partial charge in [-0.1, -0.05) is 29.8 Å². The normalized spacial score (nSPS) is 13.7. The number of amides is 1. The van der Waals surface area contributed by atoms with Gasteiger partial charge in [-0.25, -0.2) is 8.42 Å². The Morgan fingerprint density at radius 1 is 0.941 bits per heavy atom. The first-order valence-corrected chi connectivity index (χ1v) is 13.1. The minimum absolute atomic E-state index is 0.0467. The summed E-state index contributed by atoms with van der Waals surface area (Å²) in [5, 5.41) is 2.90. The van der Waals surface area contributed by atoms with E-state index in [1.54, 1.807) is 12.1 Å². The molecule has 178 valence electrons. The highest BCUT2D eigenvalue weighted by atomic mass is 35.5. The second-order valence-corrected chi connectivity index (χ2v) is 10.7.